The van der Waals surface area contributed by atoms with Crippen molar-refractivity contribution in [2.45, 2.75) is 19.8 Å². The van der Waals surface area contributed by atoms with Gasteiger partial charge in [-0.3, -0.25) is 4.79 Å². The first-order chi connectivity index (χ1) is 10.1. The van der Waals surface area contributed by atoms with Crippen molar-refractivity contribution in [2.24, 2.45) is 4.99 Å². The summed E-state index contributed by atoms with van der Waals surface area (Å²) >= 11 is 0. The van der Waals surface area contributed by atoms with E-state index in [2.05, 4.69) is 15.6 Å². The van der Waals surface area contributed by atoms with Crippen LogP contribution in [0.25, 0.3) is 0 Å². The Labute approximate surface area is 128 Å². The lowest BCUT2D eigenvalue weighted by atomic mass is 10.3. The molecule has 0 fully saturated rings. The van der Waals surface area contributed by atoms with Crippen molar-refractivity contribution in [1.29, 1.82) is 0 Å². The zero-order chi connectivity index (χ0) is 15.9. The second kappa shape index (κ2) is 13.6. The molecule has 0 aliphatic heterocycles. The maximum atomic E-state index is 11.5. The number of methoxy groups -OCH3 is 1. The lowest BCUT2D eigenvalue weighted by molar-refractivity contribution is -0.127. The van der Waals surface area contributed by atoms with Gasteiger partial charge in [-0.15, -0.1) is 0 Å². The lowest BCUT2D eigenvalue weighted by Crippen LogP contribution is -2.38. The highest BCUT2D eigenvalue weighted by Gasteiger charge is 2.03. The Balaban J connectivity index is 3.78. The fourth-order valence-corrected chi connectivity index (χ4v) is 1.41. The molecule has 0 aromatic rings. The number of ether oxygens (including phenoxy) is 2. The van der Waals surface area contributed by atoms with Crippen LogP contribution in [0.2, 0.25) is 0 Å². The number of unbranched alkanes of at least 4 members (excludes halogenated alkanes) is 1. The van der Waals surface area contributed by atoms with Crippen molar-refractivity contribution in [3.05, 3.63) is 0 Å². The van der Waals surface area contributed by atoms with E-state index in [1.807, 2.05) is 6.92 Å². The maximum Gasteiger partial charge on any atom is 0.243 e. The monoisotopic (exact) mass is 302 g/mol. The molecule has 2 N–H and O–H groups in total. The number of amides is 1. The van der Waals surface area contributed by atoms with E-state index in [-0.39, 0.29) is 12.5 Å². The zero-order valence-electron chi connectivity index (χ0n) is 13.8. The van der Waals surface area contributed by atoms with Gasteiger partial charge in [-0.1, -0.05) is 0 Å². The summed E-state index contributed by atoms with van der Waals surface area (Å²) < 4.78 is 10.3. The average molecular weight is 302 g/mol. The summed E-state index contributed by atoms with van der Waals surface area (Å²) in [5.74, 6) is 0.659. The predicted molar refractivity (Wildman–Crippen MR) is 84.6 cm³/mol. The van der Waals surface area contributed by atoms with Crippen LogP contribution in [-0.2, 0) is 14.3 Å². The molecule has 0 spiro atoms. The first-order valence-corrected chi connectivity index (χ1v) is 7.40. The second-order valence-electron chi connectivity index (χ2n) is 4.72. The molecule has 7 heteroatoms. The smallest absolute Gasteiger partial charge is 0.243 e. The minimum absolute atomic E-state index is 0.0150. The van der Waals surface area contributed by atoms with E-state index in [1.165, 1.54) is 4.90 Å². The Bertz CT molecular complexity index is 296. The van der Waals surface area contributed by atoms with Gasteiger partial charge in [0.25, 0.3) is 0 Å². The molecule has 0 heterocycles. The molecule has 0 atom stereocenters. The van der Waals surface area contributed by atoms with Crippen LogP contribution in [0.15, 0.2) is 4.99 Å². The quantitative estimate of drug-likeness (QED) is 0.321. The number of guanidine groups is 1. The summed E-state index contributed by atoms with van der Waals surface area (Å²) in [6.07, 6.45) is 1.96. The van der Waals surface area contributed by atoms with Crippen molar-refractivity contribution in [3.63, 3.8) is 0 Å². The molecule has 0 aliphatic rings. The van der Waals surface area contributed by atoms with Gasteiger partial charge in [0.2, 0.25) is 5.91 Å². The van der Waals surface area contributed by atoms with Gasteiger partial charge in [-0.05, 0) is 19.8 Å². The SMILES string of the molecule is CCNC(=NCC(=O)N(C)C)NCCCCOCCOC. The molecule has 0 aromatic heterocycles. The van der Waals surface area contributed by atoms with Gasteiger partial charge < -0.3 is 25.0 Å². The molecule has 0 bridgehead atoms. The van der Waals surface area contributed by atoms with Gasteiger partial charge in [0.1, 0.15) is 6.54 Å². The largest absolute Gasteiger partial charge is 0.382 e. The molecule has 0 saturated carbocycles. The highest BCUT2D eigenvalue weighted by Crippen LogP contribution is 1.89. The van der Waals surface area contributed by atoms with Gasteiger partial charge in [-0.2, -0.15) is 0 Å². The molecule has 7 nitrogen and oxygen atoms in total. The van der Waals surface area contributed by atoms with Crippen LogP contribution in [0, 0.1) is 0 Å². The Morgan fingerprint density at radius 3 is 2.52 bits per heavy atom. The van der Waals surface area contributed by atoms with Crippen LogP contribution in [0.1, 0.15) is 19.8 Å². The fraction of sp³-hybridized carbons (Fsp3) is 0.857. The van der Waals surface area contributed by atoms with Crippen LogP contribution in [-0.4, -0.2) is 77.4 Å². The minimum Gasteiger partial charge on any atom is -0.382 e. The third-order valence-corrected chi connectivity index (χ3v) is 2.66. The molecular formula is C14H30N4O3. The summed E-state index contributed by atoms with van der Waals surface area (Å²) in [6.45, 7) is 5.72. The van der Waals surface area contributed by atoms with Crippen LogP contribution in [0.3, 0.4) is 0 Å². The molecule has 21 heavy (non-hydrogen) atoms. The third-order valence-electron chi connectivity index (χ3n) is 2.66. The van der Waals surface area contributed by atoms with Crippen molar-refractivity contribution < 1.29 is 14.3 Å². The van der Waals surface area contributed by atoms with Crippen LogP contribution >= 0.6 is 0 Å². The van der Waals surface area contributed by atoms with E-state index in [0.29, 0.717) is 19.2 Å². The predicted octanol–water partition coefficient (Wildman–Crippen LogP) is 0.0729. The van der Waals surface area contributed by atoms with Gasteiger partial charge in [0, 0.05) is 40.9 Å². The molecule has 124 valence electrons. The van der Waals surface area contributed by atoms with E-state index in [1.54, 1.807) is 21.2 Å². The van der Waals surface area contributed by atoms with Gasteiger partial charge >= 0.3 is 0 Å². The molecule has 0 unspecified atom stereocenters. The average Bonchev–Trinajstić information content (AvgIpc) is 2.46. The molecule has 1 amide bonds. The summed E-state index contributed by atoms with van der Waals surface area (Å²) in [5, 5.41) is 6.32. The normalized spacial score (nSPS) is 11.3. The summed E-state index contributed by atoms with van der Waals surface area (Å²) in [6, 6.07) is 0. The molecule has 0 rings (SSSR count). The number of nitrogens with zero attached hydrogens (tertiary/aromatic N) is 2. The number of hydrogen-bond acceptors (Lipinski definition) is 4. The second-order valence-corrected chi connectivity index (χ2v) is 4.72. The Morgan fingerprint density at radius 1 is 1.14 bits per heavy atom. The third kappa shape index (κ3) is 12.1. The number of hydrogen-bond donors (Lipinski definition) is 2. The minimum atomic E-state index is -0.0150. The maximum absolute atomic E-state index is 11.5. The van der Waals surface area contributed by atoms with E-state index in [9.17, 15) is 4.79 Å². The van der Waals surface area contributed by atoms with E-state index >= 15 is 0 Å². The van der Waals surface area contributed by atoms with Crippen LogP contribution < -0.4 is 10.6 Å². The van der Waals surface area contributed by atoms with Crippen LogP contribution in [0.4, 0.5) is 0 Å². The van der Waals surface area contributed by atoms with Crippen molar-refractivity contribution in [2.75, 3.05) is 60.7 Å². The van der Waals surface area contributed by atoms with E-state index < -0.39 is 0 Å². The van der Waals surface area contributed by atoms with Gasteiger partial charge in [0.05, 0.1) is 13.2 Å². The first-order valence-electron chi connectivity index (χ1n) is 7.40. The number of aliphatic imine (C=N–C) groups is 1. The van der Waals surface area contributed by atoms with Crippen molar-refractivity contribution in [1.82, 2.24) is 15.5 Å². The lowest BCUT2D eigenvalue weighted by Gasteiger charge is -2.12. The molecule has 0 saturated heterocycles. The van der Waals surface area contributed by atoms with Crippen molar-refractivity contribution in [3.8, 4) is 0 Å². The summed E-state index contributed by atoms with van der Waals surface area (Å²) in [4.78, 5) is 17.3. The number of rotatable bonds is 11. The molecular weight excluding hydrogens is 272 g/mol. The number of likely N-dealkylation sites (N-methyl/N-ethyl adjacent to an activating group) is 1. The highest BCUT2D eigenvalue weighted by atomic mass is 16.5. The standard InChI is InChI=1S/C14H30N4O3/c1-5-15-14(17-12-13(19)18(2)3)16-8-6-7-9-21-11-10-20-4/h5-12H2,1-4H3,(H2,15,16,17). The summed E-state index contributed by atoms with van der Waals surface area (Å²) in [7, 11) is 5.11. The topological polar surface area (TPSA) is 75.2 Å². The van der Waals surface area contributed by atoms with Gasteiger partial charge in [0.15, 0.2) is 5.96 Å². The molecule has 0 aromatic carbocycles. The van der Waals surface area contributed by atoms with Crippen LogP contribution in [0.5, 0.6) is 0 Å². The number of carbonyl (C=O) groups excluding carboxylic acids is 1. The Morgan fingerprint density at radius 2 is 1.90 bits per heavy atom. The Hall–Kier alpha value is -1.34. The van der Waals surface area contributed by atoms with E-state index in [0.717, 1.165) is 32.5 Å². The number of nitrogens with one attached hydrogen (secondary N) is 2. The summed E-state index contributed by atoms with van der Waals surface area (Å²) in [5.41, 5.74) is 0. The Kier molecular flexibility index (Phi) is 12.8. The van der Waals surface area contributed by atoms with E-state index in [4.69, 9.17) is 9.47 Å². The number of carbonyl (C=O) groups is 1. The van der Waals surface area contributed by atoms with Gasteiger partial charge in [-0.25, -0.2) is 4.99 Å². The zero-order valence-corrected chi connectivity index (χ0v) is 13.8. The van der Waals surface area contributed by atoms with Crippen molar-refractivity contribution >= 4 is 11.9 Å². The first kappa shape index (κ1) is 19.7. The molecule has 0 radical (unpaired) electrons. The molecule has 0 aliphatic carbocycles. The fourth-order valence-electron chi connectivity index (χ4n) is 1.41. The highest BCUT2D eigenvalue weighted by molar-refractivity contribution is 5.84.